The van der Waals surface area contributed by atoms with E-state index in [1.165, 1.54) is 225 Å². The van der Waals surface area contributed by atoms with Crippen LogP contribution in [0.1, 0.15) is 287 Å². The molecule has 2 atom stereocenters. The molecule has 149 heavy (non-hydrogen) atoms. The second kappa shape index (κ2) is 55.1. The number of unbranched alkanes of at least 4 members (excludes halogenated alkanes) is 32. The minimum atomic E-state index is -0.0983. The molecule has 1 saturated carbocycles. The van der Waals surface area contributed by atoms with Crippen molar-refractivity contribution in [3.63, 3.8) is 0 Å². The van der Waals surface area contributed by atoms with Gasteiger partial charge in [0.05, 0.1) is 85.6 Å². The number of benzene rings is 14. The van der Waals surface area contributed by atoms with Crippen LogP contribution in [0.15, 0.2) is 326 Å². The Hall–Kier alpha value is -12.8. The van der Waals surface area contributed by atoms with Crippen molar-refractivity contribution in [2.45, 2.75) is 274 Å². The van der Waals surface area contributed by atoms with Crippen molar-refractivity contribution in [1.29, 1.82) is 10.5 Å². The Morgan fingerprint density at radius 1 is 0.221 bits per heavy atom. The van der Waals surface area contributed by atoms with Gasteiger partial charge in [0.15, 0.2) is 0 Å². The van der Waals surface area contributed by atoms with E-state index in [0.717, 1.165) is 207 Å². The number of hydrogen-bond acceptors (Lipinski definition) is 12. The molecule has 2 aliphatic heterocycles. The first-order valence-corrected chi connectivity index (χ1v) is 58.1. The lowest BCUT2D eigenvalue weighted by Crippen LogP contribution is -2.47. The van der Waals surface area contributed by atoms with Crippen molar-refractivity contribution >= 4 is 76.4 Å². The van der Waals surface area contributed by atoms with E-state index in [4.69, 9.17) is 48.4 Å². The van der Waals surface area contributed by atoms with Gasteiger partial charge in [0.25, 0.3) is 0 Å². The lowest BCUT2D eigenvalue weighted by molar-refractivity contribution is 0.300. The fourth-order valence-electron chi connectivity index (χ4n) is 22.4. The lowest BCUT2D eigenvalue weighted by atomic mass is 9.72. The molecule has 2 heterocycles. The van der Waals surface area contributed by atoms with Crippen LogP contribution in [-0.4, -0.2) is 62.3 Å². The smallest absolute Gasteiger partial charge is 0.127 e. The fourth-order valence-corrected chi connectivity index (χ4v) is 25.6. The maximum absolute atomic E-state index is 9.13. The van der Waals surface area contributed by atoms with Gasteiger partial charge in [-0.2, -0.15) is 10.5 Å². The topological polar surface area (TPSA) is 121 Å². The van der Waals surface area contributed by atoms with Crippen LogP contribution in [0.25, 0.3) is 97.4 Å². The van der Waals surface area contributed by atoms with Crippen molar-refractivity contribution < 1.29 is 37.9 Å². The van der Waals surface area contributed by atoms with Crippen LogP contribution in [-0.2, 0) is 0 Å². The van der Waals surface area contributed by atoms with Crippen molar-refractivity contribution in [2.75, 3.05) is 52.9 Å². The van der Waals surface area contributed by atoms with E-state index in [0.29, 0.717) is 37.6 Å². The van der Waals surface area contributed by atoms with E-state index in [9.17, 15) is 0 Å². The van der Waals surface area contributed by atoms with Gasteiger partial charge in [0.1, 0.15) is 46.0 Å². The molecule has 0 N–H and O–H groups in total. The largest absolute Gasteiger partial charge is 0.494 e. The van der Waals surface area contributed by atoms with Crippen LogP contribution in [0, 0.1) is 22.7 Å². The lowest BCUT2D eigenvalue weighted by Gasteiger charge is -2.47. The molecular weight excluding hydrogens is 1870 g/mol. The highest BCUT2D eigenvalue weighted by Crippen LogP contribution is 2.71. The van der Waals surface area contributed by atoms with Gasteiger partial charge in [0.2, 0.25) is 0 Å². The summed E-state index contributed by atoms with van der Waals surface area (Å²) in [5.41, 5.74) is 19.1. The molecule has 0 amide bonds. The number of thioether (sulfide) groups is 2. The summed E-state index contributed by atoms with van der Waals surface area (Å²) in [6.45, 7) is 10.8. The summed E-state index contributed by atoms with van der Waals surface area (Å²) < 4.78 is 52.0. The average molecular weight is 2020 g/mol. The Bertz CT molecular complexity index is 6510. The summed E-state index contributed by atoms with van der Waals surface area (Å²) in [6.07, 6.45) is 51.5. The normalized spacial score (nSPS) is 15.1. The number of nitriles is 2. The molecule has 4 aliphatic rings. The Morgan fingerprint density at radius 3 is 0.651 bits per heavy atom. The van der Waals surface area contributed by atoms with Crippen LogP contribution in [0.5, 0.6) is 46.0 Å². The Kier molecular flexibility index (Phi) is 39.2. The molecule has 768 valence electrons. The van der Waals surface area contributed by atoms with Crippen molar-refractivity contribution in [2.24, 2.45) is 0 Å². The molecule has 12 heteroatoms. The molecule has 0 aromatic heterocycles. The summed E-state index contributed by atoms with van der Waals surface area (Å²) in [6, 6.07) is 107. The number of rotatable bonds is 62. The molecule has 10 nitrogen and oxygen atoms in total. The van der Waals surface area contributed by atoms with Gasteiger partial charge in [-0.25, -0.2) is 0 Å². The van der Waals surface area contributed by atoms with Gasteiger partial charge in [-0.05, 0) is 292 Å². The zero-order chi connectivity index (χ0) is 102. The maximum Gasteiger partial charge on any atom is 0.127 e. The van der Waals surface area contributed by atoms with E-state index in [-0.39, 0.29) is 9.49 Å². The minimum Gasteiger partial charge on any atom is -0.494 e. The second-order valence-electron chi connectivity index (χ2n) is 41.6. The quantitative estimate of drug-likeness (QED) is 0.0337. The van der Waals surface area contributed by atoms with E-state index in [1.807, 2.05) is 72.8 Å². The summed E-state index contributed by atoms with van der Waals surface area (Å²) >= 11 is 4.15. The van der Waals surface area contributed by atoms with E-state index >= 15 is 0 Å². The highest BCUT2D eigenvalue weighted by molar-refractivity contribution is 8.14. The Labute approximate surface area is 895 Å². The first-order chi connectivity index (χ1) is 73.6. The number of allylic oxidation sites excluding steroid dienone is 4. The molecule has 0 radical (unpaired) electrons. The van der Waals surface area contributed by atoms with E-state index < -0.39 is 0 Å². The molecule has 0 spiro atoms. The summed E-state index contributed by atoms with van der Waals surface area (Å²) in [4.78, 5) is 2.74. The molecule has 2 aliphatic carbocycles. The van der Waals surface area contributed by atoms with Crippen LogP contribution in [0.2, 0.25) is 0 Å². The molecule has 0 unspecified atom stereocenters. The van der Waals surface area contributed by atoms with Crippen LogP contribution >= 0.6 is 23.5 Å². The summed E-state index contributed by atoms with van der Waals surface area (Å²) in [5.74, 6) is 7.44. The third-order valence-electron chi connectivity index (χ3n) is 31.0. The number of nitrogens with zero attached hydrogens (tertiary/aromatic N) is 2. The third kappa shape index (κ3) is 28.1. The van der Waals surface area contributed by atoms with Crippen LogP contribution in [0.3, 0.4) is 0 Å². The zero-order valence-electron chi connectivity index (χ0n) is 88.1. The number of hydrogen-bond donors (Lipinski definition) is 0. The molecule has 0 saturated heterocycles. The predicted octanol–water partition coefficient (Wildman–Crippen LogP) is 38.8. The van der Waals surface area contributed by atoms with Gasteiger partial charge in [-0.3, -0.25) is 0 Å². The monoisotopic (exact) mass is 2020 g/mol. The first-order valence-electron chi connectivity index (χ1n) is 56.4. The maximum atomic E-state index is 9.13. The van der Waals surface area contributed by atoms with Gasteiger partial charge < -0.3 is 37.9 Å². The predicted molar refractivity (Wildman–Crippen MR) is 626 cm³/mol. The van der Waals surface area contributed by atoms with Gasteiger partial charge in [0, 0.05) is 32.1 Å². The molecule has 14 aromatic rings. The third-order valence-corrected chi connectivity index (χ3v) is 34.3. The van der Waals surface area contributed by atoms with Crippen molar-refractivity contribution in [1.82, 2.24) is 0 Å². The van der Waals surface area contributed by atoms with Gasteiger partial charge in [-0.15, -0.1) is 23.5 Å². The fraction of sp³-hybridized carbons (Fsp3) is 0.372. The Morgan fingerprint density at radius 2 is 0.423 bits per heavy atom. The van der Waals surface area contributed by atoms with Crippen LogP contribution in [0.4, 0.5) is 0 Å². The standard InChI is InChI=1S/C137H150N2O8S2/c1-136-124(98-130(148-136)112-70-82-116(83-71-112)142-92-41-25-17-9-5-13-21-29-45-96-146-128-88-76-110-50-33-37-54-120(110)134(128)132-118-52-35-31-48-108(118)74-86-126(132)144-94-43-27-19-11-3-7-15-23-39-90-140-114-78-66-106(67-79-114)104-62-58-102(100-138)59-63-104)122-56-47-57-123(122)125-99-131(149-137(125,136)2)113-72-84-117(85-73-113)143-93-42-26-18-10-6-14-22-30-46-97-147-129-89-77-111-51-34-38-55-121(111)135(129)133-119-53-36-32-49-109(119)75-87-127(133)145-95-44-28-20-12-4-8-16-24-40-91-141-115-80-68-107(69-81-115)105-64-60-103(101-139)61-65-105/h31-38,48-55,58-89,98-99H,3-30,39-47,56-57,90-97H2,1-2H3/t136-,137-/m0/s1. The Balaban J connectivity index is 0.362. The summed E-state index contributed by atoms with van der Waals surface area (Å²) in [7, 11) is 0. The average Bonchev–Trinajstić information content (AvgIpc) is 1.52. The van der Waals surface area contributed by atoms with Crippen molar-refractivity contribution in [3.05, 3.63) is 348 Å². The molecule has 14 aromatic carbocycles. The zero-order valence-corrected chi connectivity index (χ0v) is 89.7. The number of fused-ring (bicyclic) bond motifs is 8. The number of ether oxygens (including phenoxy) is 8. The molecule has 1 fully saturated rings. The van der Waals surface area contributed by atoms with E-state index in [1.54, 1.807) is 22.3 Å². The molecular formula is C137H150N2O8S2. The highest BCUT2D eigenvalue weighted by Gasteiger charge is 2.59. The summed E-state index contributed by atoms with van der Waals surface area (Å²) in [5, 5.41) is 27.8. The van der Waals surface area contributed by atoms with Gasteiger partial charge in [-0.1, -0.05) is 374 Å². The molecule has 18 rings (SSSR count). The van der Waals surface area contributed by atoms with E-state index in [2.05, 4.69) is 280 Å². The SMILES string of the molecule is C[C@]12SC(c3ccc(OCCCCCCCCCCCOc4ccc5ccccc5c4-c4c(OCCCCCCCCCCCOc5ccc(-c6ccc(C#N)cc6)cc5)ccc5ccccc45)cc3)=CC1=C1CCCC1=C1C=C(c3ccc(OCCCCCCCCCCCOc4ccc5ccccc5c4-c4c(OCCCCCCCCCCCOc5ccc(-c6ccc(C#N)cc6)cc5)ccc5ccccc45)cc3)S[C@@]12C. The van der Waals surface area contributed by atoms with Crippen molar-refractivity contribution in [3.8, 4) is 103 Å². The minimum absolute atomic E-state index is 0.0983. The highest BCUT2D eigenvalue weighted by atomic mass is 32.2. The first kappa shape index (κ1) is 106. The van der Waals surface area contributed by atoms with Gasteiger partial charge >= 0.3 is 0 Å². The van der Waals surface area contributed by atoms with Crippen LogP contribution < -0.4 is 37.9 Å². The molecule has 0 bridgehead atoms. The second-order valence-corrected chi connectivity index (χ2v) is 44.5.